The van der Waals surface area contributed by atoms with Crippen molar-refractivity contribution in [2.75, 3.05) is 12.0 Å². The van der Waals surface area contributed by atoms with Crippen LogP contribution in [0.25, 0.3) is 11.3 Å². The van der Waals surface area contributed by atoms with Crippen molar-refractivity contribution in [3.05, 3.63) is 24.3 Å². The van der Waals surface area contributed by atoms with E-state index in [1.807, 2.05) is 12.3 Å². The van der Waals surface area contributed by atoms with Crippen LogP contribution in [-0.4, -0.2) is 16.5 Å². The van der Waals surface area contributed by atoms with Crippen LogP contribution in [0, 0.1) is 0 Å². The largest absolute Gasteiger partial charge is 0.507 e. The minimum Gasteiger partial charge on any atom is -0.507 e. The van der Waals surface area contributed by atoms with E-state index in [0.717, 1.165) is 4.90 Å². The van der Waals surface area contributed by atoms with E-state index >= 15 is 0 Å². The van der Waals surface area contributed by atoms with E-state index < -0.39 is 0 Å². The van der Waals surface area contributed by atoms with Gasteiger partial charge in [0.2, 0.25) is 0 Å². The highest BCUT2D eigenvalue weighted by molar-refractivity contribution is 7.98. The highest BCUT2D eigenvalue weighted by atomic mass is 32.2. The summed E-state index contributed by atoms with van der Waals surface area (Å²) in [6.07, 6.45) is 1.93. The fraction of sp³-hybridized carbons (Fsp3) is 0.100. The zero-order valence-corrected chi connectivity index (χ0v) is 8.91. The number of nitrogens with zero attached hydrogens (tertiary/aromatic N) is 1. The van der Waals surface area contributed by atoms with Crippen LogP contribution in [0.5, 0.6) is 5.75 Å². The Morgan fingerprint density at radius 1 is 1.47 bits per heavy atom. The van der Waals surface area contributed by atoms with Crippen molar-refractivity contribution < 1.29 is 9.63 Å². The van der Waals surface area contributed by atoms with E-state index in [1.165, 1.54) is 11.8 Å². The van der Waals surface area contributed by atoms with E-state index in [4.69, 9.17) is 10.3 Å². The molecule has 78 valence electrons. The molecule has 0 bridgehead atoms. The van der Waals surface area contributed by atoms with Gasteiger partial charge in [0.15, 0.2) is 11.6 Å². The van der Waals surface area contributed by atoms with Crippen molar-refractivity contribution in [3.63, 3.8) is 0 Å². The van der Waals surface area contributed by atoms with Crippen LogP contribution in [0.2, 0.25) is 0 Å². The number of benzene rings is 1. The van der Waals surface area contributed by atoms with Crippen LogP contribution in [0.3, 0.4) is 0 Å². The van der Waals surface area contributed by atoms with Crippen LogP contribution in [-0.2, 0) is 0 Å². The van der Waals surface area contributed by atoms with Crippen molar-refractivity contribution in [2.45, 2.75) is 4.90 Å². The van der Waals surface area contributed by atoms with Gasteiger partial charge in [-0.05, 0) is 18.4 Å². The van der Waals surface area contributed by atoms with Gasteiger partial charge in [0.25, 0.3) is 0 Å². The summed E-state index contributed by atoms with van der Waals surface area (Å²) in [7, 11) is 0. The number of aromatic nitrogens is 1. The predicted molar refractivity (Wildman–Crippen MR) is 59.8 cm³/mol. The molecule has 2 rings (SSSR count). The van der Waals surface area contributed by atoms with Crippen molar-refractivity contribution in [2.24, 2.45) is 0 Å². The fourth-order valence-electron chi connectivity index (χ4n) is 1.34. The lowest BCUT2D eigenvalue weighted by Crippen LogP contribution is -1.81. The van der Waals surface area contributed by atoms with Crippen LogP contribution >= 0.6 is 11.8 Å². The molecule has 0 radical (unpaired) electrons. The number of hydrogen-bond donors (Lipinski definition) is 2. The van der Waals surface area contributed by atoms with E-state index in [2.05, 4.69) is 5.16 Å². The number of anilines is 1. The lowest BCUT2D eigenvalue weighted by atomic mass is 10.1. The molecule has 0 saturated carbocycles. The molecule has 0 fully saturated rings. The third kappa shape index (κ3) is 1.78. The predicted octanol–water partition coefficient (Wildman–Crippen LogP) is 2.35. The SMILES string of the molecule is CSc1cccc(O)c1-c1cc(N)no1. The van der Waals surface area contributed by atoms with Crippen LogP contribution in [0.4, 0.5) is 5.82 Å². The standard InChI is InChI=1S/C10H10N2O2S/c1-15-8-4-2-3-6(13)10(8)7-5-9(11)12-14-7/h2-5,13H,1H3,(H2,11,12). The van der Waals surface area contributed by atoms with E-state index in [-0.39, 0.29) is 5.75 Å². The minimum atomic E-state index is 0.165. The van der Waals surface area contributed by atoms with Gasteiger partial charge >= 0.3 is 0 Å². The number of nitrogens with two attached hydrogens (primary N) is 1. The molecule has 0 unspecified atom stereocenters. The monoisotopic (exact) mass is 222 g/mol. The summed E-state index contributed by atoms with van der Waals surface area (Å²) in [6.45, 7) is 0. The molecule has 0 aliphatic carbocycles. The molecular weight excluding hydrogens is 212 g/mol. The number of rotatable bonds is 2. The molecule has 0 spiro atoms. The Morgan fingerprint density at radius 3 is 2.87 bits per heavy atom. The second-order valence-corrected chi connectivity index (χ2v) is 3.82. The number of phenolic OH excluding ortho intramolecular Hbond substituents is 1. The Labute approximate surface area is 91.1 Å². The van der Waals surface area contributed by atoms with Gasteiger partial charge in [-0.25, -0.2) is 0 Å². The summed E-state index contributed by atoms with van der Waals surface area (Å²) < 4.78 is 5.03. The maximum absolute atomic E-state index is 9.74. The molecule has 0 saturated heterocycles. The first kappa shape index (κ1) is 9.92. The Bertz CT molecular complexity index is 482. The third-order valence-corrected chi connectivity index (χ3v) is 2.78. The molecule has 5 heteroatoms. The number of phenols is 1. The summed E-state index contributed by atoms with van der Waals surface area (Å²) in [5, 5.41) is 13.3. The van der Waals surface area contributed by atoms with Crippen LogP contribution < -0.4 is 5.73 Å². The van der Waals surface area contributed by atoms with Gasteiger partial charge in [0.05, 0.1) is 5.56 Å². The van der Waals surface area contributed by atoms with E-state index in [0.29, 0.717) is 17.1 Å². The number of hydrogen-bond acceptors (Lipinski definition) is 5. The normalized spacial score (nSPS) is 10.5. The molecule has 3 N–H and O–H groups in total. The number of thioether (sulfide) groups is 1. The van der Waals surface area contributed by atoms with Gasteiger partial charge in [0, 0.05) is 11.0 Å². The minimum absolute atomic E-state index is 0.165. The summed E-state index contributed by atoms with van der Waals surface area (Å²) in [6, 6.07) is 6.88. The number of nitrogen functional groups attached to an aromatic ring is 1. The maximum atomic E-state index is 9.74. The highest BCUT2D eigenvalue weighted by Gasteiger charge is 2.13. The van der Waals surface area contributed by atoms with Crippen molar-refractivity contribution in [3.8, 4) is 17.1 Å². The molecule has 0 aliphatic heterocycles. The molecule has 0 atom stereocenters. The Morgan fingerprint density at radius 2 is 2.27 bits per heavy atom. The van der Waals surface area contributed by atoms with Crippen molar-refractivity contribution in [1.82, 2.24) is 5.16 Å². The summed E-state index contributed by atoms with van der Waals surface area (Å²) in [5.74, 6) is 0.952. The molecule has 1 aromatic heterocycles. The second kappa shape index (κ2) is 3.86. The summed E-state index contributed by atoms with van der Waals surface area (Å²) in [5.41, 5.74) is 6.10. The summed E-state index contributed by atoms with van der Waals surface area (Å²) in [4.78, 5) is 0.922. The first-order valence-corrected chi connectivity index (χ1v) is 5.53. The van der Waals surface area contributed by atoms with Crippen molar-refractivity contribution >= 4 is 17.6 Å². The highest BCUT2D eigenvalue weighted by Crippen LogP contribution is 2.37. The first-order valence-electron chi connectivity index (χ1n) is 4.31. The molecule has 1 aromatic carbocycles. The lowest BCUT2D eigenvalue weighted by Gasteiger charge is -2.05. The summed E-state index contributed by atoms with van der Waals surface area (Å²) >= 11 is 1.53. The van der Waals surface area contributed by atoms with E-state index in [9.17, 15) is 5.11 Å². The maximum Gasteiger partial charge on any atom is 0.173 e. The van der Waals surface area contributed by atoms with Crippen LogP contribution in [0.15, 0.2) is 33.7 Å². The molecule has 0 amide bonds. The molecule has 4 nitrogen and oxygen atoms in total. The fourth-order valence-corrected chi connectivity index (χ4v) is 1.97. The average Bonchev–Trinajstić information content (AvgIpc) is 2.64. The Hall–Kier alpha value is -1.62. The number of aromatic hydroxyl groups is 1. The van der Waals surface area contributed by atoms with Crippen LogP contribution in [0.1, 0.15) is 0 Å². The zero-order chi connectivity index (χ0) is 10.8. The lowest BCUT2D eigenvalue weighted by molar-refractivity contribution is 0.428. The molecule has 2 aromatic rings. The van der Waals surface area contributed by atoms with Gasteiger partial charge in [-0.15, -0.1) is 11.8 Å². The van der Waals surface area contributed by atoms with Gasteiger partial charge in [-0.3, -0.25) is 0 Å². The van der Waals surface area contributed by atoms with Gasteiger partial charge in [0.1, 0.15) is 5.75 Å². The first-order chi connectivity index (χ1) is 7.22. The average molecular weight is 222 g/mol. The molecule has 15 heavy (non-hydrogen) atoms. The molecular formula is C10H10N2O2S. The van der Waals surface area contributed by atoms with Gasteiger partial charge in [-0.2, -0.15) is 0 Å². The quantitative estimate of drug-likeness (QED) is 0.763. The zero-order valence-electron chi connectivity index (χ0n) is 8.10. The molecule has 1 heterocycles. The van der Waals surface area contributed by atoms with Gasteiger partial charge < -0.3 is 15.4 Å². The van der Waals surface area contributed by atoms with Crippen molar-refractivity contribution in [1.29, 1.82) is 0 Å². The topological polar surface area (TPSA) is 72.3 Å². The Kier molecular flexibility index (Phi) is 2.55. The Balaban J connectivity index is 2.60. The smallest absolute Gasteiger partial charge is 0.173 e. The van der Waals surface area contributed by atoms with E-state index in [1.54, 1.807) is 18.2 Å². The third-order valence-electron chi connectivity index (χ3n) is 2.00. The molecule has 0 aliphatic rings. The second-order valence-electron chi connectivity index (χ2n) is 2.97. The van der Waals surface area contributed by atoms with Gasteiger partial charge in [-0.1, -0.05) is 11.2 Å².